The first-order chi connectivity index (χ1) is 42.2. The lowest BCUT2D eigenvalue weighted by atomic mass is 10.1. The first-order valence-corrected chi connectivity index (χ1v) is 35.1. The molecule has 87 heavy (non-hydrogen) atoms. The van der Waals surface area contributed by atoms with Crippen LogP contribution in [0.4, 0.5) is 0 Å². The van der Waals surface area contributed by atoms with Crippen LogP contribution in [0.3, 0.4) is 0 Å². The van der Waals surface area contributed by atoms with Crippen molar-refractivity contribution in [1.29, 1.82) is 0 Å². The van der Waals surface area contributed by atoms with Crippen LogP contribution in [0.25, 0.3) is 0 Å². The number of phosphoric ester groups is 2. The van der Waals surface area contributed by atoms with Gasteiger partial charge >= 0.3 is 33.6 Å². The molecule has 0 radical (unpaired) electrons. The molecule has 0 aliphatic carbocycles. The van der Waals surface area contributed by atoms with Crippen molar-refractivity contribution in [2.45, 2.75) is 232 Å². The van der Waals surface area contributed by atoms with Gasteiger partial charge in [0.2, 0.25) is 0 Å². The molecule has 0 saturated carbocycles. The van der Waals surface area contributed by atoms with Crippen molar-refractivity contribution in [3.63, 3.8) is 0 Å². The van der Waals surface area contributed by atoms with Gasteiger partial charge in [-0.1, -0.05) is 205 Å². The summed E-state index contributed by atoms with van der Waals surface area (Å²) >= 11 is 0. The number of esters is 3. The molecule has 0 rings (SSSR count). The van der Waals surface area contributed by atoms with Crippen molar-refractivity contribution >= 4 is 33.6 Å². The monoisotopic (exact) mass is 1260 g/mol. The summed E-state index contributed by atoms with van der Waals surface area (Å²) in [5.74, 6) is -1.67. The Morgan fingerprint density at radius 1 is 0.322 bits per heavy atom. The number of carbonyl (C=O) groups excluding carboxylic acids is 3. The minimum Gasteiger partial charge on any atom is -0.463 e. The third-order valence-electron chi connectivity index (χ3n) is 12.5. The summed E-state index contributed by atoms with van der Waals surface area (Å²) in [4.78, 5) is 58.3. The lowest BCUT2D eigenvalue weighted by Crippen LogP contribution is -2.30. The fourth-order valence-electron chi connectivity index (χ4n) is 7.72. The minimum absolute atomic E-state index is 0.0644. The first kappa shape index (κ1) is 82.4. The highest BCUT2D eigenvalue weighted by atomic mass is 31.2. The molecule has 494 valence electrons. The van der Waals surface area contributed by atoms with Crippen LogP contribution < -0.4 is 0 Å². The molecule has 0 aromatic rings. The number of phosphoric acid groups is 2. The summed E-state index contributed by atoms with van der Waals surface area (Å²) in [5.41, 5.74) is 0. The molecule has 18 heteroatoms. The highest BCUT2D eigenvalue weighted by Crippen LogP contribution is 2.45. The number of aliphatic hydroxyl groups excluding tert-OH is 2. The lowest BCUT2D eigenvalue weighted by Gasteiger charge is -2.21. The Balaban J connectivity index is 4.82. The molecule has 0 aliphatic heterocycles. The third-order valence-corrected chi connectivity index (χ3v) is 14.4. The van der Waals surface area contributed by atoms with E-state index in [4.69, 9.17) is 32.3 Å². The van der Waals surface area contributed by atoms with Crippen LogP contribution >= 0.6 is 15.6 Å². The number of carbonyl (C=O) groups is 3. The molecule has 16 nitrogen and oxygen atoms in total. The van der Waals surface area contributed by atoms with E-state index in [0.717, 1.165) is 154 Å². The summed E-state index contributed by atoms with van der Waals surface area (Å²) in [6.45, 7) is 2.19. The van der Waals surface area contributed by atoms with Crippen molar-refractivity contribution in [2.75, 3.05) is 39.6 Å². The van der Waals surface area contributed by atoms with Crippen LogP contribution in [0.15, 0.2) is 146 Å². The molecular formula is C69H112O16P2. The van der Waals surface area contributed by atoms with Crippen molar-refractivity contribution in [3.8, 4) is 0 Å². The van der Waals surface area contributed by atoms with Crippen molar-refractivity contribution in [3.05, 3.63) is 146 Å². The van der Waals surface area contributed by atoms with Gasteiger partial charge in [-0.3, -0.25) is 32.5 Å². The fraction of sp³-hybridized carbons (Fsp3) is 0.609. The molecule has 0 saturated heterocycles. The Kier molecular flexibility index (Phi) is 58.4. The number of rotatable bonds is 59. The molecule has 0 aromatic heterocycles. The fourth-order valence-corrected chi connectivity index (χ4v) is 9.30. The van der Waals surface area contributed by atoms with E-state index in [1.807, 2.05) is 0 Å². The van der Waals surface area contributed by atoms with Gasteiger partial charge in [0, 0.05) is 19.3 Å². The summed E-state index contributed by atoms with van der Waals surface area (Å²) < 4.78 is 60.7. The van der Waals surface area contributed by atoms with E-state index >= 15 is 0 Å². The van der Waals surface area contributed by atoms with Crippen molar-refractivity contribution in [2.24, 2.45) is 0 Å². The SMILES string of the molecule is CC/C=C\C/C=C\C/C=C\C/C=C\CCCCCCC(=O)OCC(O)COP(=O)(O)OCC(O)COP(=O)(O)OCC(COC(=O)CCCCCC/C=C\C/C=C\C/C=C\C/C=C\CC)OC(=O)CCCCCC/C=C\C/C=C\C/C=C\C/C=C\CC. The van der Waals surface area contributed by atoms with E-state index in [1.54, 1.807) is 0 Å². The summed E-state index contributed by atoms with van der Waals surface area (Å²) in [6.07, 6.45) is 71.9. The van der Waals surface area contributed by atoms with Crippen LogP contribution in [-0.2, 0) is 55.8 Å². The molecule has 0 aromatic carbocycles. The van der Waals surface area contributed by atoms with Gasteiger partial charge in [0.05, 0.1) is 26.4 Å². The lowest BCUT2D eigenvalue weighted by molar-refractivity contribution is -0.161. The van der Waals surface area contributed by atoms with Crippen LogP contribution in [0.1, 0.15) is 213 Å². The van der Waals surface area contributed by atoms with Crippen LogP contribution in [0.5, 0.6) is 0 Å². The second-order valence-electron chi connectivity index (χ2n) is 20.8. The van der Waals surface area contributed by atoms with Gasteiger partial charge in [-0.05, 0) is 135 Å². The molecule has 0 spiro atoms. The van der Waals surface area contributed by atoms with E-state index < -0.39 is 91.5 Å². The van der Waals surface area contributed by atoms with E-state index in [1.165, 1.54) is 0 Å². The summed E-state index contributed by atoms with van der Waals surface area (Å²) in [7, 11) is -9.81. The topological polar surface area (TPSA) is 231 Å². The molecule has 0 heterocycles. The largest absolute Gasteiger partial charge is 0.472 e. The van der Waals surface area contributed by atoms with Gasteiger partial charge in [0.1, 0.15) is 25.4 Å². The molecule has 5 atom stereocenters. The maximum absolute atomic E-state index is 12.9. The molecule has 0 bridgehead atoms. The highest BCUT2D eigenvalue weighted by Gasteiger charge is 2.29. The zero-order valence-electron chi connectivity index (χ0n) is 53.1. The number of ether oxygens (including phenoxy) is 3. The molecule has 5 unspecified atom stereocenters. The summed E-state index contributed by atoms with van der Waals surface area (Å²) in [5, 5.41) is 20.5. The van der Waals surface area contributed by atoms with E-state index in [0.29, 0.717) is 19.3 Å². The zero-order valence-corrected chi connectivity index (χ0v) is 54.9. The predicted molar refractivity (Wildman–Crippen MR) is 352 cm³/mol. The Labute approximate surface area is 524 Å². The van der Waals surface area contributed by atoms with Gasteiger partial charge in [0.25, 0.3) is 0 Å². The van der Waals surface area contributed by atoms with Crippen molar-refractivity contribution in [1.82, 2.24) is 0 Å². The Morgan fingerprint density at radius 3 is 0.897 bits per heavy atom. The number of aliphatic hydroxyl groups is 2. The van der Waals surface area contributed by atoms with Gasteiger partial charge < -0.3 is 34.2 Å². The second-order valence-corrected chi connectivity index (χ2v) is 23.7. The Bertz CT molecular complexity index is 2170. The smallest absolute Gasteiger partial charge is 0.463 e. The second kappa shape index (κ2) is 61.7. The third kappa shape index (κ3) is 62.8. The van der Waals surface area contributed by atoms with Gasteiger partial charge in [-0.2, -0.15) is 0 Å². The maximum atomic E-state index is 12.9. The molecule has 4 N–H and O–H groups in total. The van der Waals surface area contributed by atoms with Crippen LogP contribution in [0.2, 0.25) is 0 Å². The molecule has 0 fully saturated rings. The normalized spacial score (nSPS) is 15.3. The number of hydrogen-bond acceptors (Lipinski definition) is 14. The first-order valence-electron chi connectivity index (χ1n) is 32.1. The Morgan fingerprint density at radius 2 is 0.575 bits per heavy atom. The van der Waals surface area contributed by atoms with E-state index in [2.05, 4.69) is 167 Å². The summed E-state index contributed by atoms with van der Waals surface area (Å²) in [6, 6.07) is 0. The minimum atomic E-state index is -4.94. The van der Waals surface area contributed by atoms with E-state index in [9.17, 15) is 43.5 Å². The van der Waals surface area contributed by atoms with E-state index in [-0.39, 0.29) is 19.3 Å². The van der Waals surface area contributed by atoms with Gasteiger partial charge in [0.15, 0.2) is 6.10 Å². The average Bonchev–Trinajstić information content (AvgIpc) is 3.59. The maximum Gasteiger partial charge on any atom is 0.472 e. The standard InChI is InChI=1S/C69H112O16P2/c1-4-7-10-13-16-19-22-25-28-31-34-37-40-43-46-49-52-55-67(72)79-58-64(70)59-81-86(75,76)82-60-65(71)61-83-87(77,78)84-63-66(85-69(74)57-54-51-48-45-42-39-36-33-30-27-24-21-18-15-12-9-6-3)62-80-68(73)56-53-50-47-44-41-38-35-32-29-26-23-20-17-14-11-8-5-2/h7-12,16-21,25-30,34-39,64-66,70-71H,4-6,13-15,22-24,31-33,40-63H2,1-3H3,(H,75,76)(H,77,78)/b10-7-,11-8-,12-9-,19-16-,20-17-,21-18-,28-25-,29-26-,30-27-,37-34-,38-35-,39-36-. The predicted octanol–water partition coefficient (Wildman–Crippen LogP) is 17.4. The van der Waals surface area contributed by atoms with Crippen LogP contribution in [-0.4, -0.2) is 95.9 Å². The number of allylic oxidation sites excluding steroid dienone is 24. The zero-order chi connectivity index (χ0) is 63.8. The van der Waals surface area contributed by atoms with Gasteiger partial charge in [-0.25, -0.2) is 9.13 Å². The number of hydrogen-bond donors (Lipinski definition) is 4. The molecular weight excluding hydrogens is 1150 g/mol. The molecule has 0 amide bonds. The average molecular weight is 1260 g/mol. The highest BCUT2D eigenvalue weighted by molar-refractivity contribution is 7.47. The van der Waals surface area contributed by atoms with Crippen LogP contribution in [0, 0.1) is 0 Å². The Hall–Kier alpha value is -4.57. The number of unbranched alkanes of at least 4 members (excludes halogenated alkanes) is 12. The molecule has 0 aliphatic rings. The quantitative estimate of drug-likeness (QED) is 0.0146. The van der Waals surface area contributed by atoms with Crippen molar-refractivity contribution < 1.29 is 75.8 Å². The van der Waals surface area contributed by atoms with Gasteiger partial charge in [-0.15, -0.1) is 0 Å².